The van der Waals surface area contributed by atoms with Crippen molar-refractivity contribution in [3.05, 3.63) is 70.4 Å². The van der Waals surface area contributed by atoms with Crippen LogP contribution in [0.5, 0.6) is 0 Å². The first kappa shape index (κ1) is 16.9. The van der Waals surface area contributed by atoms with Crippen molar-refractivity contribution in [2.45, 2.75) is 19.8 Å². The van der Waals surface area contributed by atoms with E-state index in [1.165, 1.54) is 29.9 Å². The molecule has 0 aliphatic carbocycles. The molecule has 0 radical (unpaired) electrons. The molecule has 1 saturated heterocycles. The minimum Gasteiger partial charge on any atom is -0.372 e. The molecule has 3 nitrogen and oxygen atoms in total. The van der Waals surface area contributed by atoms with E-state index >= 15 is 0 Å². The molecule has 0 bridgehead atoms. The molecule has 1 aromatic heterocycles. The fraction of sp³-hybridized carbons (Fsp3) is 0.227. The first-order valence-electron chi connectivity index (χ1n) is 9.02. The Labute approximate surface area is 158 Å². The average molecular weight is 362 g/mol. The number of aryl methyl sites for hydroxylation is 1. The van der Waals surface area contributed by atoms with Crippen molar-refractivity contribution in [3.63, 3.8) is 0 Å². The predicted octanol–water partition coefficient (Wildman–Crippen LogP) is 5.58. The molecular weight excluding hydrogens is 340 g/mol. The summed E-state index contributed by atoms with van der Waals surface area (Å²) in [5.74, 6) is -0.0455. The van der Waals surface area contributed by atoms with Crippen molar-refractivity contribution in [1.82, 2.24) is 0 Å². The second-order valence-corrected chi connectivity index (χ2v) is 7.59. The van der Waals surface area contributed by atoms with Crippen LogP contribution in [0.25, 0.3) is 11.1 Å². The highest BCUT2D eigenvalue weighted by molar-refractivity contribution is 7.12. The minimum absolute atomic E-state index is 0.0455. The standard InChI is InChI=1S/C22H22N2OS/c1-16-15-18(24-12-5-6-13-24)9-10-20(16)23-22(25)21-19(11-14-26-21)17-7-3-2-4-8-17/h2-4,7-11,14-15H,5-6,12-13H2,1H3,(H,23,25). The van der Waals surface area contributed by atoms with Gasteiger partial charge in [0.05, 0.1) is 4.88 Å². The van der Waals surface area contributed by atoms with Gasteiger partial charge in [0.1, 0.15) is 0 Å². The smallest absolute Gasteiger partial charge is 0.266 e. The van der Waals surface area contributed by atoms with Gasteiger partial charge in [-0.3, -0.25) is 4.79 Å². The molecular formula is C22H22N2OS. The number of rotatable bonds is 4. The van der Waals surface area contributed by atoms with Crippen LogP contribution >= 0.6 is 11.3 Å². The van der Waals surface area contributed by atoms with Gasteiger partial charge in [-0.25, -0.2) is 0 Å². The third kappa shape index (κ3) is 3.37. The van der Waals surface area contributed by atoms with E-state index in [1.807, 2.05) is 47.8 Å². The Bertz CT molecular complexity index is 911. The molecule has 4 heteroatoms. The molecule has 1 N–H and O–H groups in total. The molecule has 2 aromatic carbocycles. The maximum atomic E-state index is 12.9. The number of hydrogen-bond donors (Lipinski definition) is 1. The van der Waals surface area contributed by atoms with Crippen LogP contribution in [0.3, 0.4) is 0 Å². The Morgan fingerprint density at radius 2 is 1.81 bits per heavy atom. The Balaban J connectivity index is 1.55. The normalized spacial score (nSPS) is 13.8. The molecule has 1 aliphatic heterocycles. The van der Waals surface area contributed by atoms with Crippen LogP contribution in [-0.4, -0.2) is 19.0 Å². The van der Waals surface area contributed by atoms with Crippen LogP contribution in [0.1, 0.15) is 28.1 Å². The summed E-state index contributed by atoms with van der Waals surface area (Å²) < 4.78 is 0. The van der Waals surface area contributed by atoms with Gasteiger partial charge < -0.3 is 10.2 Å². The summed E-state index contributed by atoms with van der Waals surface area (Å²) in [4.78, 5) is 16.0. The van der Waals surface area contributed by atoms with Crippen LogP contribution in [0.15, 0.2) is 60.0 Å². The molecule has 2 heterocycles. The zero-order valence-corrected chi connectivity index (χ0v) is 15.7. The summed E-state index contributed by atoms with van der Waals surface area (Å²) in [5, 5.41) is 5.07. The predicted molar refractivity (Wildman–Crippen MR) is 110 cm³/mol. The van der Waals surface area contributed by atoms with E-state index < -0.39 is 0 Å². The highest BCUT2D eigenvalue weighted by Gasteiger charge is 2.17. The monoisotopic (exact) mass is 362 g/mol. The van der Waals surface area contributed by atoms with Crippen LogP contribution in [0, 0.1) is 6.92 Å². The van der Waals surface area contributed by atoms with Crippen molar-refractivity contribution in [2.75, 3.05) is 23.3 Å². The molecule has 26 heavy (non-hydrogen) atoms. The average Bonchev–Trinajstić information content (AvgIpc) is 3.36. The van der Waals surface area contributed by atoms with E-state index in [4.69, 9.17) is 0 Å². The Morgan fingerprint density at radius 1 is 1.04 bits per heavy atom. The summed E-state index contributed by atoms with van der Waals surface area (Å²) in [7, 11) is 0. The van der Waals surface area contributed by atoms with Gasteiger partial charge in [0.25, 0.3) is 5.91 Å². The maximum Gasteiger partial charge on any atom is 0.266 e. The summed E-state index contributed by atoms with van der Waals surface area (Å²) in [6, 6.07) is 18.4. The fourth-order valence-electron chi connectivity index (χ4n) is 3.47. The third-order valence-electron chi connectivity index (χ3n) is 4.89. The fourth-order valence-corrected chi connectivity index (χ4v) is 4.28. The summed E-state index contributed by atoms with van der Waals surface area (Å²) in [5.41, 5.74) is 5.28. The Kier molecular flexibility index (Phi) is 4.76. The van der Waals surface area contributed by atoms with Crippen molar-refractivity contribution in [2.24, 2.45) is 0 Å². The molecule has 0 spiro atoms. The molecule has 1 fully saturated rings. The van der Waals surface area contributed by atoms with E-state index in [2.05, 4.69) is 29.3 Å². The molecule has 0 saturated carbocycles. The van der Waals surface area contributed by atoms with Gasteiger partial charge in [0.15, 0.2) is 0 Å². The molecule has 1 aliphatic rings. The first-order chi connectivity index (χ1) is 12.7. The highest BCUT2D eigenvalue weighted by atomic mass is 32.1. The summed E-state index contributed by atoms with van der Waals surface area (Å²) in [6.07, 6.45) is 2.52. The van der Waals surface area contributed by atoms with Crippen molar-refractivity contribution < 1.29 is 4.79 Å². The van der Waals surface area contributed by atoms with E-state index in [1.54, 1.807) is 0 Å². The van der Waals surface area contributed by atoms with Crippen LogP contribution in [0.4, 0.5) is 11.4 Å². The van der Waals surface area contributed by atoms with Crippen LogP contribution in [0.2, 0.25) is 0 Å². The number of nitrogens with zero attached hydrogens (tertiary/aromatic N) is 1. The van der Waals surface area contributed by atoms with Gasteiger partial charge in [0, 0.05) is 30.0 Å². The topological polar surface area (TPSA) is 32.3 Å². The lowest BCUT2D eigenvalue weighted by atomic mass is 10.1. The van der Waals surface area contributed by atoms with E-state index in [0.717, 1.165) is 40.3 Å². The molecule has 4 rings (SSSR count). The van der Waals surface area contributed by atoms with Gasteiger partial charge in [-0.2, -0.15) is 0 Å². The number of carbonyl (C=O) groups is 1. The number of nitrogens with one attached hydrogen (secondary N) is 1. The van der Waals surface area contributed by atoms with E-state index in [9.17, 15) is 4.79 Å². The second kappa shape index (κ2) is 7.34. The molecule has 132 valence electrons. The van der Waals surface area contributed by atoms with Crippen LogP contribution < -0.4 is 10.2 Å². The molecule has 0 atom stereocenters. The van der Waals surface area contributed by atoms with Crippen molar-refractivity contribution in [3.8, 4) is 11.1 Å². The number of anilines is 2. The lowest BCUT2D eigenvalue weighted by molar-refractivity contribution is 0.103. The second-order valence-electron chi connectivity index (χ2n) is 6.68. The quantitative estimate of drug-likeness (QED) is 0.657. The minimum atomic E-state index is -0.0455. The summed E-state index contributed by atoms with van der Waals surface area (Å²) >= 11 is 1.48. The summed E-state index contributed by atoms with van der Waals surface area (Å²) in [6.45, 7) is 4.31. The zero-order valence-electron chi connectivity index (χ0n) is 14.9. The number of amides is 1. The van der Waals surface area contributed by atoms with Crippen molar-refractivity contribution in [1.29, 1.82) is 0 Å². The number of hydrogen-bond acceptors (Lipinski definition) is 3. The maximum absolute atomic E-state index is 12.9. The van der Waals surface area contributed by atoms with E-state index in [-0.39, 0.29) is 5.91 Å². The lowest BCUT2D eigenvalue weighted by Gasteiger charge is -2.19. The zero-order chi connectivity index (χ0) is 17.9. The van der Waals surface area contributed by atoms with Gasteiger partial charge in [0.2, 0.25) is 0 Å². The van der Waals surface area contributed by atoms with Crippen molar-refractivity contribution >= 4 is 28.6 Å². The van der Waals surface area contributed by atoms with Gasteiger partial charge >= 0.3 is 0 Å². The first-order valence-corrected chi connectivity index (χ1v) is 9.90. The molecule has 1 amide bonds. The van der Waals surface area contributed by atoms with E-state index in [0.29, 0.717) is 0 Å². The van der Waals surface area contributed by atoms with Gasteiger partial charge in [-0.05, 0) is 60.5 Å². The molecule has 0 unspecified atom stereocenters. The Hall–Kier alpha value is -2.59. The number of carbonyl (C=O) groups excluding carboxylic acids is 1. The lowest BCUT2D eigenvalue weighted by Crippen LogP contribution is -2.18. The van der Waals surface area contributed by atoms with Crippen LogP contribution in [-0.2, 0) is 0 Å². The third-order valence-corrected chi connectivity index (χ3v) is 5.80. The SMILES string of the molecule is Cc1cc(N2CCCC2)ccc1NC(=O)c1sccc1-c1ccccc1. The molecule has 3 aromatic rings. The number of benzene rings is 2. The van der Waals surface area contributed by atoms with Gasteiger partial charge in [-0.15, -0.1) is 11.3 Å². The Morgan fingerprint density at radius 3 is 2.54 bits per heavy atom. The highest BCUT2D eigenvalue weighted by Crippen LogP contribution is 2.30. The largest absolute Gasteiger partial charge is 0.372 e. The van der Waals surface area contributed by atoms with Gasteiger partial charge in [-0.1, -0.05) is 30.3 Å². The number of thiophene rings is 1.